The molecule has 2 atom stereocenters. The van der Waals surface area contributed by atoms with Crippen molar-refractivity contribution < 1.29 is 5.11 Å². The molecule has 0 aromatic heterocycles. The number of fused-ring (bicyclic) bond motifs is 1. The summed E-state index contributed by atoms with van der Waals surface area (Å²) in [4.78, 5) is 4.63. The summed E-state index contributed by atoms with van der Waals surface area (Å²) in [5.74, 6) is 1.73. The van der Waals surface area contributed by atoms with Gasteiger partial charge in [0.25, 0.3) is 0 Å². The fourth-order valence-electron chi connectivity index (χ4n) is 3.78. The van der Waals surface area contributed by atoms with Gasteiger partial charge in [-0.3, -0.25) is 9.80 Å². The van der Waals surface area contributed by atoms with Gasteiger partial charge in [0.2, 0.25) is 0 Å². The molecule has 1 N–H and O–H groups in total. The van der Waals surface area contributed by atoms with Gasteiger partial charge in [-0.15, -0.1) is 0 Å². The van der Waals surface area contributed by atoms with Crippen LogP contribution >= 0.6 is 0 Å². The summed E-state index contributed by atoms with van der Waals surface area (Å²) in [6.07, 6.45) is 6.29. The SMILES string of the molecule is CCCC1CCN(C(O)N2CC3CC2C3)C1. The fraction of sp³-hybridized carbons (Fsp3) is 1.00. The minimum absolute atomic E-state index is 0.278. The monoisotopic (exact) mass is 224 g/mol. The van der Waals surface area contributed by atoms with E-state index in [1.54, 1.807) is 0 Å². The molecule has 0 aromatic carbocycles. The quantitative estimate of drug-likeness (QED) is 0.783. The molecule has 92 valence electrons. The maximum atomic E-state index is 10.4. The molecule has 0 amide bonds. The second kappa shape index (κ2) is 4.28. The molecule has 3 heteroatoms. The number of hydrogen-bond donors (Lipinski definition) is 1. The number of aliphatic hydroxyl groups excluding tert-OH is 1. The summed E-state index contributed by atoms with van der Waals surface area (Å²) in [6.45, 7) is 5.61. The lowest BCUT2D eigenvalue weighted by atomic mass is 9.86. The average Bonchev–Trinajstić information content (AvgIpc) is 2.89. The Morgan fingerprint density at radius 3 is 2.75 bits per heavy atom. The summed E-state index contributed by atoms with van der Waals surface area (Å²) < 4.78 is 0. The lowest BCUT2D eigenvalue weighted by Crippen LogP contribution is -2.48. The Bertz CT molecular complexity index is 252. The van der Waals surface area contributed by atoms with Crippen LogP contribution in [-0.4, -0.2) is 46.9 Å². The highest BCUT2D eigenvalue weighted by atomic mass is 16.3. The zero-order chi connectivity index (χ0) is 11.1. The van der Waals surface area contributed by atoms with Crippen LogP contribution in [0.3, 0.4) is 0 Å². The van der Waals surface area contributed by atoms with Gasteiger partial charge in [0.15, 0.2) is 6.35 Å². The molecule has 0 radical (unpaired) electrons. The van der Waals surface area contributed by atoms with Crippen LogP contribution in [0.4, 0.5) is 0 Å². The van der Waals surface area contributed by atoms with Crippen molar-refractivity contribution in [2.75, 3.05) is 19.6 Å². The first kappa shape index (κ1) is 11.0. The molecule has 4 rings (SSSR count). The molecule has 4 aliphatic rings. The second-order valence-electron chi connectivity index (χ2n) is 5.97. The predicted octanol–water partition coefficient (Wildman–Crippen LogP) is 1.48. The molecule has 2 unspecified atom stereocenters. The van der Waals surface area contributed by atoms with E-state index in [1.807, 2.05) is 0 Å². The van der Waals surface area contributed by atoms with Crippen molar-refractivity contribution in [2.24, 2.45) is 11.8 Å². The number of aliphatic hydroxyl groups is 1. The van der Waals surface area contributed by atoms with Crippen LogP contribution in [0.5, 0.6) is 0 Å². The second-order valence-corrected chi connectivity index (χ2v) is 5.97. The van der Waals surface area contributed by atoms with Gasteiger partial charge in [-0.1, -0.05) is 13.3 Å². The van der Waals surface area contributed by atoms with E-state index in [9.17, 15) is 5.11 Å². The van der Waals surface area contributed by atoms with E-state index in [4.69, 9.17) is 0 Å². The highest BCUT2D eigenvalue weighted by Gasteiger charge is 2.47. The van der Waals surface area contributed by atoms with Crippen molar-refractivity contribution in [3.8, 4) is 0 Å². The Morgan fingerprint density at radius 2 is 2.12 bits per heavy atom. The van der Waals surface area contributed by atoms with Crippen molar-refractivity contribution >= 4 is 0 Å². The first-order valence-electron chi connectivity index (χ1n) is 6.95. The molecular formula is C13H24N2O. The van der Waals surface area contributed by atoms with Gasteiger partial charge in [-0.2, -0.15) is 0 Å². The van der Waals surface area contributed by atoms with Crippen LogP contribution in [0, 0.1) is 11.8 Å². The molecule has 1 saturated carbocycles. The van der Waals surface area contributed by atoms with Gasteiger partial charge in [-0.05, 0) is 37.5 Å². The summed E-state index contributed by atoms with van der Waals surface area (Å²) in [7, 11) is 0. The van der Waals surface area contributed by atoms with Crippen LogP contribution < -0.4 is 0 Å². The smallest absolute Gasteiger partial charge is 0.165 e. The number of nitrogens with zero attached hydrogens (tertiary/aromatic N) is 2. The summed E-state index contributed by atoms with van der Waals surface area (Å²) >= 11 is 0. The standard InChI is InChI=1S/C13H24N2O/c1-2-3-10-4-5-14(8-10)13(16)15-9-11-6-12(15)7-11/h10-13,16H,2-9H2,1H3. The summed E-state index contributed by atoms with van der Waals surface area (Å²) in [6, 6.07) is 0.699. The lowest BCUT2D eigenvalue weighted by molar-refractivity contribution is -0.105. The van der Waals surface area contributed by atoms with E-state index in [0.717, 1.165) is 31.5 Å². The summed E-state index contributed by atoms with van der Waals surface area (Å²) in [5, 5.41) is 10.4. The molecule has 3 heterocycles. The molecule has 0 spiro atoms. The Labute approximate surface area is 98.4 Å². The van der Waals surface area contributed by atoms with Gasteiger partial charge >= 0.3 is 0 Å². The molecule has 3 aliphatic heterocycles. The van der Waals surface area contributed by atoms with Gasteiger partial charge < -0.3 is 5.11 Å². The van der Waals surface area contributed by atoms with Crippen molar-refractivity contribution in [1.29, 1.82) is 0 Å². The third-order valence-electron chi connectivity index (χ3n) is 4.79. The highest BCUT2D eigenvalue weighted by Crippen LogP contribution is 2.42. The molecular weight excluding hydrogens is 200 g/mol. The number of likely N-dealkylation sites (tertiary alicyclic amines) is 1. The normalized spacial score (nSPS) is 41.2. The van der Waals surface area contributed by atoms with E-state index in [0.29, 0.717) is 6.04 Å². The molecule has 2 bridgehead atoms. The van der Waals surface area contributed by atoms with Crippen LogP contribution in [-0.2, 0) is 0 Å². The zero-order valence-electron chi connectivity index (χ0n) is 10.3. The van der Waals surface area contributed by atoms with E-state index >= 15 is 0 Å². The van der Waals surface area contributed by atoms with E-state index in [2.05, 4.69) is 16.7 Å². The van der Waals surface area contributed by atoms with Gasteiger partial charge in [0, 0.05) is 25.7 Å². The van der Waals surface area contributed by atoms with Crippen LogP contribution in [0.2, 0.25) is 0 Å². The third-order valence-corrected chi connectivity index (χ3v) is 4.79. The van der Waals surface area contributed by atoms with Crippen molar-refractivity contribution in [2.45, 2.75) is 51.4 Å². The molecule has 3 saturated heterocycles. The fourth-order valence-corrected chi connectivity index (χ4v) is 3.78. The molecule has 0 aromatic rings. The van der Waals surface area contributed by atoms with Crippen LogP contribution in [0.15, 0.2) is 0 Å². The zero-order valence-corrected chi connectivity index (χ0v) is 10.3. The van der Waals surface area contributed by atoms with E-state index < -0.39 is 0 Å². The summed E-state index contributed by atoms with van der Waals surface area (Å²) in [5.41, 5.74) is 0. The van der Waals surface area contributed by atoms with Crippen LogP contribution in [0.25, 0.3) is 0 Å². The van der Waals surface area contributed by atoms with E-state index in [1.165, 1.54) is 32.1 Å². The van der Waals surface area contributed by atoms with Crippen molar-refractivity contribution in [1.82, 2.24) is 9.80 Å². The molecule has 1 aliphatic carbocycles. The highest BCUT2D eigenvalue weighted by molar-refractivity contribution is 4.98. The van der Waals surface area contributed by atoms with Gasteiger partial charge in [0.1, 0.15) is 0 Å². The maximum absolute atomic E-state index is 10.4. The van der Waals surface area contributed by atoms with E-state index in [-0.39, 0.29) is 6.35 Å². The van der Waals surface area contributed by atoms with Gasteiger partial charge in [0.05, 0.1) is 0 Å². The Hall–Kier alpha value is -0.120. The molecule has 3 nitrogen and oxygen atoms in total. The average molecular weight is 224 g/mol. The van der Waals surface area contributed by atoms with Gasteiger partial charge in [-0.25, -0.2) is 0 Å². The third kappa shape index (κ3) is 1.79. The van der Waals surface area contributed by atoms with Crippen LogP contribution in [0.1, 0.15) is 39.0 Å². The molecule has 16 heavy (non-hydrogen) atoms. The predicted molar refractivity (Wildman–Crippen MR) is 63.8 cm³/mol. The number of rotatable bonds is 4. The largest absolute Gasteiger partial charge is 0.365 e. The Kier molecular flexibility index (Phi) is 2.94. The first-order chi connectivity index (χ1) is 7.78. The topological polar surface area (TPSA) is 26.7 Å². The lowest BCUT2D eigenvalue weighted by Gasteiger charge is -2.34. The molecule has 4 fully saturated rings. The Balaban J connectivity index is 1.53. The number of hydrogen-bond acceptors (Lipinski definition) is 3. The van der Waals surface area contributed by atoms with Crippen molar-refractivity contribution in [3.63, 3.8) is 0 Å². The van der Waals surface area contributed by atoms with Crippen molar-refractivity contribution in [3.05, 3.63) is 0 Å². The minimum atomic E-state index is -0.278. The first-order valence-corrected chi connectivity index (χ1v) is 6.95. The minimum Gasteiger partial charge on any atom is -0.365 e. The maximum Gasteiger partial charge on any atom is 0.165 e. The Morgan fingerprint density at radius 1 is 1.31 bits per heavy atom.